The zero-order chi connectivity index (χ0) is 14.7. The number of aliphatic imine (C=N–C) groups is 1. The van der Waals surface area contributed by atoms with Crippen molar-refractivity contribution in [2.75, 3.05) is 12.3 Å². The van der Waals surface area contributed by atoms with Crippen molar-refractivity contribution in [2.24, 2.45) is 4.99 Å². The van der Waals surface area contributed by atoms with Gasteiger partial charge in [0.2, 0.25) is 0 Å². The highest BCUT2D eigenvalue weighted by atomic mass is 32.2. The second-order valence-corrected chi connectivity index (χ2v) is 5.68. The SMILES string of the molecule is Fc1ccc(N=C2SCCN2Cc2cccnc2)c(F)c1. The number of halogens is 2. The van der Waals surface area contributed by atoms with E-state index in [2.05, 4.69) is 14.9 Å². The predicted octanol–water partition coefficient (Wildman–Crippen LogP) is 3.60. The first kappa shape index (κ1) is 14.0. The van der Waals surface area contributed by atoms with E-state index >= 15 is 0 Å². The molecule has 3 nitrogen and oxygen atoms in total. The topological polar surface area (TPSA) is 28.5 Å². The maximum absolute atomic E-state index is 13.7. The molecule has 0 spiro atoms. The van der Waals surface area contributed by atoms with Crippen LogP contribution in [-0.4, -0.2) is 27.3 Å². The summed E-state index contributed by atoms with van der Waals surface area (Å²) < 4.78 is 26.6. The van der Waals surface area contributed by atoms with Crippen LogP contribution in [0.2, 0.25) is 0 Å². The Kier molecular flexibility index (Phi) is 4.15. The largest absolute Gasteiger partial charge is 0.346 e. The minimum Gasteiger partial charge on any atom is -0.346 e. The number of nitrogens with zero attached hydrogens (tertiary/aromatic N) is 3. The van der Waals surface area contributed by atoms with Crippen LogP contribution in [0.5, 0.6) is 0 Å². The van der Waals surface area contributed by atoms with E-state index in [0.717, 1.165) is 29.1 Å². The molecule has 1 aromatic heterocycles. The monoisotopic (exact) mass is 305 g/mol. The molecular formula is C15H13F2N3S. The molecule has 1 fully saturated rings. The van der Waals surface area contributed by atoms with E-state index in [1.54, 1.807) is 24.2 Å². The van der Waals surface area contributed by atoms with Gasteiger partial charge in [0.05, 0.1) is 0 Å². The number of rotatable bonds is 3. The fourth-order valence-electron chi connectivity index (χ4n) is 2.07. The maximum Gasteiger partial charge on any atom is 0.164 e. The summed E-state index contributed by atoms with van der Waals surface area (Å²) in [5, 5.41) is 0.754. The van der Waals surface area contributed by atoms with Gasteiger partial charge < -0.3 is 4.90 Å². The standard InChI is InChI=1S/C15H13F2N3S/c16-12-3-4-14(13(17)8-12)19-15-20(6-7-21-15)10-11-2-1-5-18-9-11/h1-5,8-9H,6-7,10H2. The van der Waals surface area contributed by atoms with Gasteiger partial charge in [-0.2, -0.15) is 0 Å². The van der Waals surface area contributed by atoms with Crippen LogP contribution in [-0.2, 0) is 6.54 Å². The molecule has 0 bridgehead atoms. The van der Waals surface area contributed by atoms with Crippen LogP contribution < -0.4 is 0 Å². The first-order valence-electron chi connectivity index (χ1n) is 6.53. The summed E-state index contributed by atoms with van der Waals surface area (Å²) in [5.41, 5.74) is 1.24. The number of benzene rings is 1. The Morgan fingerprint density at radius 3 is 2.95 bits per heavy atom. The Morgan fingerprint density at radius 2 is 2.19 bits per heavy atom. The number of thioether (sulfide) groups is 1. The number of hydrogen-bond acceptors (Lipinski definition) is 3. The number of hydrogen-bond donors (Lipinski definition) is 0. The Morgan fingerprint density at radius 1 is 1.29 bits per heavy atom. The van der Waals surface area contributed by atoms with Gasteiger partial charge in [-0.05, 0) is 23.8 Å². The van der Waals surface area contributed by atoms with E-state index in [1.807, 2.05) is 12.1 Å². The van der Waals surface area contributed by atoms with Crippen LogP contribution in [0.3, 0.4) is 0 Å². The van der Waals surface area contributed by atoms with E-state index in [0.29, 0.717) is 6.54 Å². The average molecular weight is 305 g/mol. The van der Waals surface area contributed by atoms with Gasteiger partial charge in [0, 0.05) is 37.3 Å². The molecule has 2 heterocycles. The van der Waals surface area contributed by atoms with E-state index < -0.39 is 11.6 Å². The molecule has 1 aliphatic heterocycles. The second kappa shape index (κ2) is 6.22. The Hall–Kier alpha value is -1.95. The zero-order valence-electron chi connectivity index (χ0n) is 11.2. The molecule has 0 amide bonds. The maximum atomic E-state index is 13.7. The molecule has 2 aromatic rings. The molecule has 0 unspecified atom stereocenters. The lowest BCUT2D eigenvalue weighted by Crippen LogP contribution is -2.23. The molecule has 0 N–H and O–H groups in total. The van der Waals surface area contributed by atoms with Crippen molar-refractivity contribution in [1.82, 2.24) is 9.88 Å². The van der Waals surface area contributed by atoms with E-state index in [4.69, 9.17) is 0 Å². The molecule has 0 atom stereocenters. The fraction of sp³-hybridized carbons (Fsp3) is 0.200. The molecule has 1 aliphatic rings. The first-order valence-corrected chi connectivity index (χ1v) is 7.51. The Labute approximate surface area is 125 Å². The van der Waals surface area contributed by atoms with Gasteiger partial charge >= 0.3 is 0 Å². The molecule has 1 aromatic carbocycles. The molecular weight excluding hydrogens is 292 g/mol. The zero-order valence-corrected chi connectivity index (χ0v) is 12.0. The molecule has 6 heteroatoms. The van der Waals surface area contributed by atoms with Crippen molar-refractivity contribution in [1.29, 1.82) is 0 Å². The van der Waals surface area contributed by atoms with Crippen molar-refractivity contribution in [3.8, 4) is 0 Å². The van der Waals surface area contributed by atoms with Gasteiger partial charge in [0.15, 0.2) is 11.0 Å². The van der Waals surface area contributed by atoms with Crippen molar-refractivity contribution < 1.29 is 8.78 Å². The third-order valence-corrected chi connectivity index (χ3v) is 4.08. The summed E-state index contributed by atoms with van der Waals surface area (Å²) in [6, 6.07) is 7.30. The summed E-state index contributed by atoms with van der Waals surface area (Å²) >= 11 is 1.57. The van der Waals surface area contributed by atoms with E-state index in [-0.39, 0.29) is 5.69 Å². The molecule has 3 rings (SSSR count). The molecule has 0 radical (unpaired) electrons. The minimum atomic E-state index is -0.642. The molecule has 1 saturated heterocycles. The molecule has 21 heavy (non-hydrogen) atoms. The van der Waals surface area contributed by atoms with Gasteiger partial charge in [-0.25, -0.2) is 13.8 Å². The third kappa shape index (κ3) is 3.39. The Balaban J connectivity index is 1.81. The quantitative estimate of drug-likeness (QED) is 0.867. The van der Waals surface area contributed by atoms with E-state index in [9.17, 15) is 8.78 Å². The molecule has 0 saturated carbocycles. The highest BCUT2D eigenvalue weighted by molar-refractivity contribution is 8.14. The van der Waals surface area contributed by atoms with Crippen LogP contribution in [0.1, 0.15) is 5.56 Å². The van der Waals surface area contributed by atoms with Gasteiger partial charge in [-0.3, -0.25) is 4.98 Å². The van der Waals surface area contributed by atoms with Crippen LogP contribution >= 0.6 is 11.8 Å². The first-order chi connectivity index (χ1) is 10.2. The predicted molar refractivity (Wildman–Crippen MR) is 80.6 cm³/mol. The second-order valence-electron chi connectivity index (χ2n) is 4.62. The van der Waals surface area contributed by atoms with Crippen LogP contribution in [0.4, 0.5) is 14.5 Å². The summed E-state index contributed by atoms with van der Waals surface area (Å²) in [4.78, 5) is 10.5. The summed E-state index contributed by atoms with van der Waals surface area (Å²) in [6.45, 7) is 1.53. The third-order valence-electron chi connectivity index (χ3n) is 3.08. The highest BCUT2D eigenvalue weighted by Crippen LogP contribution is 2.26. The van der Waals surface area contributed by atoms with Crippen molar-refractivity contribution >= 4 is 22.6 Å². The lowest BCUT2D eigenvalue weighted by atomic mass is 10.3. The van der Waals surface area contributed by atoms with Gasteiger partial charge in [-0.1, -0.05) is 17.8 Å². The van der Waals surface area contributed by atoms with Gasteiger partial charge in [0.25, 0.3) is 0 Å². The van der Waals surface area contributed by atoms with Crippen LogP contribution in [0.15, 0.2) is 47.7 Å². The van der Waals surface area contributed by atoms with Crippen molar-refractivity contribution in [3.05, 3.63) is 59.9 Å². The van der Waals surface area contributed by atoms with Crippen LogP contribution in [0, 0.1) is 11.6 Å². The van der Waals surface area contributed by atoms with Crippen molar-refractivity contribution in [2.45, 2.75) is 6.54 Å². The summed E-state index contributed by atoms with van der Waals surface area (Å²) in [5.74, 6) is -0.332. The Bertz CT molecular complexity index is 661. The van der Waals surface area contributed by atoms with E-state index in [1.165, 1.54) is 12.1 Å². The fourth-order valence-corrected chi connectivity index (χ4v) is 3.07. The van der Waals surface area contributed by atoms with Crippen molar-refractivity contribution in [3.63, 3.8) is 0 Å². The normalized spacial score (nSPS) is 16.7. The minimum absolute atomic E-state index is 0.164. The average Bonchev–Trinajstić information content (AvgIpc) is 2.90. The smallest absolute Gasteiger partial charge is 0.164 e. The molecule has 0 aliphatic carbocycles. The van der Waals surface area contributed by atoms with Crippen LogP contribution in [0.25, 0.3) is 0 Å². The number of aromatic nitrogens is 1. The van der Waals surface area contributed by atoms with Gasteiger partial charge in [-0.15, -0.1) is 0 Å². The lowest BCUT2D eigenvalue weighted by molar-refractivity contribution is 0.456. The van der Waals surface area contributed by atoms with Gasteiger partial charge in [0.1, 0.15) is 11.5 Å². The molecule has 108 valence electrons. The summed E-state index contributed by atoms with van der Waals surface area (Å²) in [6.07, 6.45) is 3.53. The highest BCUT2D eigenvalue weighted by Gasteiger charge is 2.20. The lowest BCUT2D eigenvalue weighted by Gasteiger charge is -2.17. The number of pyridine rings is 1. The number of amidine groups is 1. The summed E-state index contributed by atoms with van der Waals surface area (Å²) in [7, 11) is 0.